The van der Waals surface area contributed by atoms with Crippen LogP contribution in [-0.2, 0) is 22.7 Å². The fraction of sp³-hybridized carbons (Fsp3) is 0.368. The number of aromatic nitrogens is 4. The summed E-state index contributed by atoms with van der Waals surface area (Å²) in [5.41, 5.74) is 4.79. The molecule has 2 aliphatic rings. The Labute approximate surface area is 289 Å². The molecule has 5 aromatic rings. The molecule has 260 valence electrons. The minimum atomic E-state index is -1.35. The second-order valence-electron chi connectivity index (χ2n) is 12.6. The highest BCUT2D eigenvalue weighted by molar-refractivity contribution is 5.93. The molecule has 0 N–H and O–H groups in total. The minimum Gasteiger partial charge on any atom is -0.497 e. The van der Waals surface area contributed by atoms with Gasteiger partial charge < -0.3 is 28.6 Å². The maximum atomic E-state index is 15.4. The van der Waals surface area contributed by atoms with Crippen LogP contribution in [0, 0.1) is 6.92 Å². The SMILES string of the molecule is COc1ccc(COc2cc(-c3nn(C4CCCCO4)c4ccc(C)cc34)nc(O[C@H]3CN(C(=O)OCc4ccccc4)CC[C@@H]3F)n2)cc1. The summed E-state index contributed by atoms with van der Waals surface area (Å²) in [4.78, 5) is 23.7. The summed E-state index contributed by atoms with van der Waals surface area (Å²) >= 11 is 0. The molecule has 1 amide bonds. The molecule has 4 heterocycles. The molecule has 0 bridgehead atoms. The van der Waals surface area contributed by atoms with E-state index in [0.29, 0.717) is 18.0 Å². The number of fused-ring (bicyclic) bond motifs is 1. The number of carbonyl (C=O) groups is 1. The van der Waals surface area contributed by atoms with Crippen LogP contribution in [0.15, 0.2) is 78.9 Å². The van der Waals surface area contributed by atoms with E-state index in [1.54, 1.807) is 13.2 Å². The number of halogens is 1. The number of hydrogen-bond acceptors (Lipinski definition) is 9. The molecule has 2 fully saturated rings. The van der Waals surface area contributed by atoms with Gasteiger partial charge in [-0.25, -0.2) is 13.9 Å². The van der Waals surface area contributed by atoms with Crippen LogP contribution in [0.4, 0.5) is 9.18 Å². The quantitative estimate of drug-likeness (QED) is 0.151. The summed E-state index contributed by atoms with van der Waals surface area (Å²) in [6, 6.07) is 24.7. The number of hydrogen-bond donors (Lipinski definition) is 0. The Morgan fingerprint density at radius 1 is 0.960 bits per heavy atom. The summed E-state index contributed by atoms with van der Waals surface area (Å²) in [5.74, 6) is 0.968. The van der Waals surface area contributed by atoms with Crippen molar-refractivity contribution in [3.8, 4) is 29.0 Å². The number of nitrogens with zero attached hydrogens (tertiary/aromatic N) is 5. The van der Waals surface area contributed by atoms with E-state index in [9.17, 15) is 4.79 Å². The van der Waals surface area contributed by atoms with Crippen LogP contribution >= 0.6 is 0 Å². The minimum absolute atomic E-state index is 0.0276. The van der Waals surface area contributed by atoms with Gasteiger partial charge in [0, 0.05) is 31.0 Å². The molecular weight excluding hydrogens is 641 g/mol. The van der Waals surface area contributed by atoms with Crippen molar-refractivity contribution in [2.24, 2.45) is 0 Å². The standard InChI is InChI=1S/C38H40FN5O6/c1-25-11-16-32-29(20-25)36(42-44(32)35-10-6-7-19-47-35)31-21-34(48-23-27-12-14-28(46-2)15-13-27)41-37(40-31)50-33-22-43(18-17-30(33)39)38(45)49-24-26-8-4-3-5-9-26/h3-5,8-9,11-16,20-21,30,33,35H,6-7,10,17-19,22-24H2,1-2H3/t30-,33-,35?/m0/s1. The molecule has 0 spiro atoms. The Morgan fingerprint density at radius 2 is 1.78 bits per heavy atom. The molecule has 7 rings (SSSR count). The van der Waals surface area contributed by atoms with E-state index in [4.69, 9.17) is 33.8 Å². The number of amides is 1. The van der Waals surface area contributed by atoms with Crippen molar-refractivity contribution in [2.75, 3.05) is 26.8 Å². The first-order valence-electron chi connectivity index (χ1n) is 17.0. The van der Waals surface area contributed by atoms with Crippen LogP contribution in [0.25, 0.3) is 22.3 Å². The van der Waals surface area contributed by atoms with Crippen LogP contribution in [0.2, 0.25) is 0 Å². The Kier molecular flexibility index (Phi) is 10.1. The summed E-state index contributed by atoms with van der Waals surface area (Å²) in [6.07, 6.45) is -0.116. The number of aryl methyl sites for hydroxylation is 1. The molecule has 3 aromatic carbocycles. The van der Waals surface area contributed by atoms with Gasteiger partial charge in [-0.2, -0.15) is 15.1 Å². The second-order valence-corrected chi connectivity index (χ2v) is 12.6. The Morgan fingerprint density at radius 3 is 2.56 bits per heavy atom. The first-order chi connectivity index (χ1) is 24.4. The largest absolute Gasteiger partial charge is 0.497 e. The van der Waals surface area contributed by atoms with Gasteiger partial charge in [0.25, 0.3) is 0 Å². The average Bonchev–Trinajstić information content (AvgIpc) is 3.53. The van der Waals surface area contributed by atoms with E-state index in [1.807, 2.05) is 78.3 Å². The molecule has 11 nitrogen and oxygen atoms in total. The van der Waals surface area contributed by atoms with Crippen LogP contribution in [0.3, 0.4) is 0 Å². The van der Waals surface area contributed by atoms with Crippen molar-refractivity contribution in [3.05, 3.63) is 95.6 Å². The van der Waals surface area contributed by atoms with E-state index in [0.717, 1.165) is 52.6 Å². The van der Waals surface area contributed by atoms with E-state index in [1.165, 1.54) is 4.90 Å². The molecule has 12 heteroatoms. The van der Waals surface area contributed by atoms with Crippen molar-refractivity contribution in [2.45, 2.75) is 64.3 Å². The van der Waals surface area contributed by atoms with Gasteiger partial charge in [0.15, 0.2) is 12.3 Å². The monoisotopic (exact) mass is 681 g/mol. The maximum absolute atomic E-state index is 15.4. The molecule has 2 saturated heterocycles. The highest BCUT2D eigenvalue weighted by Crippen LogP contribution is 2.35. The zero-order valence-corrected chi connectivity index (χ0v) is 28.2. The third-order valence-electron chi connectivity index (χ3n) is 8.96. The maximum Gasteiger partial charge on any atom is 0.410 e. The Hall–Kier alpha value is -5.23. The number of ether oxygens (including phenoxy) is 5. The second kappa shape index (κ2) is 15.1. The number of piperidine rings is 1. The highest BCUT2D eigenvalue weighted by Gasteiger charge is 2.35. The van der Waals surface area contributed by atoms with Crippen molar-refractivity contribution < 1.29 is 32.9 Å². The molecule has 50 heavy (non-hydrogen) atoms. The predicted molar refractivity (Wildman–Crippen MR) is 184 cm³/mol. The summed E-state index contributed by atoms with van der Waals surface area (Å²) < 4.78 is 46.6. The van der Waals surface area contributed by atoms with Gasteiger partial charge in [-0.3, -0.25) is 0 Å². The lowest BCUT2D eigenvalue weighted by Crippen LogP contribution is -2.50. The highest BCUT2D eigenvalue weighted by atomic mass is 19.1. The van der Waals surface area contributed by atoms with E-state index >= 15 is 4.39 Å². The number of likely N-dealkylation sites (tertiary alicyclic amines) is 1. The number of benzene rings is 3. The smallest absolute Gasteiger partial charge is 0.410 e. The third kappa shape index (κ3) is 7.65. The number of carbonyl (C=O) groups excluding carboxylic acids is 1. The zero-order valence-electron chi connectivity index (χ0n) is 28.2. The molecule has 0 saturated carbocycles. The lowest BCUT2D eigenvalue weighted by molar-refractivity contribution is -0.0365. The molecule has 1 unspecified atom stereocenters. The van der Waals surface area contributed by atoms with Gasteiger partial charge in [-0.15, -0.1) is 0 Å². The van der Waals surface area contributed by atoms with E-state index in [-0.39, 0.29) is 50.8 Å². The third-order valence-corrected chi connectivity index (χ3v) is 8.96. The summed E-state index contributed by atoms with van der Waals surface area (Å²) in [6.45, 7) is 3.20. The van der Waals surface area contributed by atoms with Crippen LogP contribution in [0.5, 0.6) is 17.6 Å². The fourth-order valence-corrected chi connectivity index (χ4v) is 6.22. The summed E-state index contributed by atoms with van der Waals surface area (Å²) in [5, 5.41) is 5.91. The van der Waals surface area contributed by atoms with Gasteiger partial charge in [0.05, 0.1) is 19.2 Å². The van der Waals surface area contributed by atoms with Gasteiger partial charge in [0.2, 0.25) is 5.88 Å². The van der Waals surface area contributed by atoms with Gasteiger partial charge >= 0.3 is 12.1 Å². The van der Waals surface area contributed by atoms with Crippen molar-refractivity contribution in [1.29, 1.82) is 0 Å². The van der Waals surface area contributed by atoms with Crippen LogP contribution < -0.4 is 14.2 Å². The lowest BCUT2D eigenvalue weighted by Gasteiger charge is -2.33. The van der Waals surface area contributed by atoms with Gasteiger partial charge in [0.1, 0.15) is 36.5 Å². The molecule has 3 atom stereocenters. The normalized spacial score (nSPS) is 19.3. The van der Waals surface area contributed by atoms with E-state index < -0.39 is 18.4 Å². The zero-order chi connectivity index (χ0) is 34.5. The molecule has 0 radical (unpaired) electrons. The van der Waals surface area contributed by atoms with Gasteiger partial charge in [-0.1, -0.05) is 54.1 Å². The van der Waals surface area contributed by atoms with Crippen molar-refractivity contribution >= 4 is 17.0 Å². The van der Waals surface area contributed by atoms with Crippen molar-refractivity contribution in [1.82, 2.24) is 24.6 Å². The molecular formula is C38H40FN5O6. The number of methoxy groups -OCH3 is 1. The number of alkyl halides is 1. The topological polar surface area (TPSA) is 110 Å². The lowest BCUT2D eigenvalue weighted by atomic mass is 10.1. The van der Waals surface area contributed by atoms with Crippen LogP contribution in [-0.4, -0.2) is 69.8 Å². The molecule has 0 aliphatic carbocycles. The van der Waals surface area contributed by atoms with Crippen molar-refractivity contribution in [3.63, 3.8) is 0 Å². The fourth-order valence-electron chi connectivity index (χ4n) is 6.22. The predicted octanol–water partition coefficient (Wildman–Crippen LogP) is 7.22. The molecule has 2 aromatic heterocycles. The van der Waals surface area contributed by atoms with E-state index in [2.05, 4.69) is 11.1 Å². The van der Waals surface area contributed by atoms with Crippen LogP contribution in [0.1, 0.15) is 48.6 Å². The number of rotatable bonds is 10. The Balaban J connectivity index is 1.18. The Bertz CT molecular complexity index is 1910. The molecule has 2 aliphatic heterocycles. The van der Waals surface area contributed by atoms with Gasteiger partial charge in [-0.05, 0) is 61.6 Å². The first kappa shape index (κ1) is 33.3. The average molecular weight is 682 g/mol. The summed E-state index contributed by atoms with van der Waals surface area (Å²) in [7, 11) is 1.61. The first-order valence-corrected chi connectivity index (χ1v) is 17.0.